The molecule has 0 unspecified atom stereocenters. The number of rotatable bonds is 0. The number of nitrogen functional groups attached to an aromatic ring is 1. The van der Waals surface area contributed by atoms with Crippen molar-refractivity contribution in [2.45, 2.75) is 26.3 Å². The van der Waals surface area contributed by atoms with Crippen molar-refractivity contribution in [3.63, 3.8) is 0 Å². The molecule has 13 heavy (non-hydrogen) atoms. The molecule has 0 saturated heterocycles. The SMILES string of the molecule is CC(C)(C)n1ccc2cc(N)[nH]c21. The average molecular weight is 177 g/mol. The topological polar surface area (TPSA) is 46.7 Å². The molecular weight excluding hydrogens is 162 g/mol. The quantitative estimate of drug-likeness (QED) is 0.637. The van der Waals surface area contributed by atoms with Crippen molar-refractivity contribution >= 4 is 16.9 Å². The van der Waals surface area contributed by atoms with Gasteiger partial charge >= 0.3 is 0 Å². The summed E-state index contributed by atoms with van der Waals surface area (Å²) in [5, 5.41) is 1.17. The van der Waals surface area contributed by atoms with Crippen LogP contribution in [0.15, 0.2) is 18.3 Å². The normalized spacial score (nSPS) is 12.5. The number of hydrogen-bond acceptors (Lipinski definition) is 1. The molecule has 70 valence electrons. The van der Waals surface area contributed by atoms with Gasteiger partial charge in [-0.1, -0.05) is 0 Å². The first-order chi connectivity index (χ1) is 5.98. The number of H-pyrrole nitrogens is 1. The zero-order valence-corrected chi connectivity index (χ0v) is 8.26. The van der Waals surface area contributed by atoms with Gasteiger partial charge in [0.15, 0.2) is 0 Å². The number of aromatic amines is 1. The van der Waals surface area contributed by atoms with E-state index in [1.165, 1.54) is 5.39 Å². The minimum Gasteiger partial charge on any atom is -0.385 e. The smallest absolute Gasteiger partial charge is 0.119 e. The molecule has 0 fully saturated rings. The first-order valence-corrected chi connectivity index (χ1v) is 4.44. The lowest BCUT2D eigenvalue weighted by atomic mass is 10.1. The average Bonchev–Trinajstić information content (AvgIpc) is 2.41. The molecule has 2 heterocycles. The van der Waals surface area contributed by atoms with E-state index in [2.05, 4.69) is 42.6 Å². The highest BCUT2D eigenvalue weighted by Crippen LogP contribution is 2.24. The van der Waals surface area contributed by atoms with E-state index >= 15 is 0 Å². The molecule has 2 rings (SSSR count). The number of anilines is 1. The van der Waals surface area contributed by atoms with Gasteiger partial charge in [-0.2, -0.15) is 0 Å². The number of nitrogens with two attached hydrogens (primary N) is 1. The monoisotopic (exact) mass is 177 g/mol. The van der Waals surface area contributed by atoms with Crippen molar-refractivity contribution in [2.24, 2.45) is 0 Å². The second-order valence-electron chi connectivity index (χ2n) is 4.39. The third kappa shape index (κ3) is 1.20. The van der Waals surface area contributed by atoms with Crippen LogP contribution in [-0.2, 0) is 5.54 Å². The Morgan fingerprint density at radius 3 is 2.69 bits per heavy atom. The Labute approximate surface area is 77.5 Å². The Kier molecular flexibility index (Phi) is 1.46. The predicted octanol–water partition coefficient (Wildman–Crippen LogP) is 2.31. The number of nitrogens with one attached hydrogen (secondary N) is 1. The van der Waals surface area contributed by atoms with Crippen molar-refractivity contribution in [2.75, 3.05) is 5.73 Å². The first-order valence-electron chi connectivity index (χ1n) is 4.44. The van der Waals surface area contributed by atoms with Crippen LogP contribution in [0, 0.1) is 0 Å². The maximum absolute atomic E-state index is 5.68. The van der Waals surface area contributed by atoms with Gasteiger partial charge in [-0.15, -0.1) is 0 Å². The Bertz CT molecular complexity index is 428. The van der Waals surface area contributed by atoms with Gasteiger partial charge in [-0.05, 0) is 32.9 Å². The van der Waals surface area contributed by atoms with Gasteiger partial charge in [0.05, 0.1) is 0 Å². The van der Waals surface area contributed by atoms with Crippen molar-refractivity contribution in [1.82, 2.24) is 9.55 Å². The summed E-state index contributed by atoms with van der Waals surface area (Å²) < 4.78 is 2.19. The van der Waals surface area contributed by atoms with Crippen LogP contribution in [0.4, 0.5) is 5.82 Å². The molecule has 0 aliphatic carbocycles. The number of fused-ring (bicyclic) bond motifs is 1. The molecule has 0 amide bonds. The van der Waals surface area contributed by atoms with Crippen LogP contribution in [0.1, 0.15) is 20.8 Å². The van der Waals surface area contributed by atoms with Gasteiger partial charge < -0.3 is 15.3 Å². The van der Waals surface area contributed by atoms with E-state index in [0.29, 0.717) is 0 Å². The molecule has 0 bridgehead atoms. The Hall–Kier alpha value is -1.38. The second-order valence-corrected chi connectivity index (χ2v) is 4.39. The molecule has 3 N–H and O–H groups in total. The summed E-state index contributed by atoms with van der Waals surface area (Å²) in [7, 11) is 0. The van der Waals surface area contributed by atoms with Crippen molar-refractivity contribution in [1.29, 1.82) is 0 Å². The summed E-state index contributed by atoms with van der Waals surface area (Å²) in [6.45, 7) is 6.51. The molecule has 0 aromatic carbocycles. The molecule has 0 radical (unpaired) electrons. The van der Waals surface area contributed by atoms with Gasteiger partial charge in [0.25, 0.3) is 0 Å². The Morgan fingerprint density at radius 2 is 2.08 bits per heavy atom. The zero-order valence-electron chi connectivity index (χ0n) is 8.26. The number of hydrogen-bond donors (Lipinski definition) is 2. The summed E-state index contributed by atoms with van der Waals surface area (Å²) in [6.07, 6.45) is 2.08. The number of nitrogens with zero attached hydrogens (tertiary/aromatic N) is 1. The fourth-order valence-electron chi connectivity index (χ4n) is 1.60. The van der Waals surface area contributed by atoms with E-state index in [9.17, 15) is 0 Å². The highest BCUT2D eigenvalue weighted by molar-refractivity contribution is 5.81. The Balaban J connectivity index is 2.70. The minimum atomic E-state index is 0.0963. The fraction of sp³-hybridized carbons (Fsp3) is 0.400. The summed E-state index contributed by atoms with van der Waals surface area (Å²) in [4.78, 5) is 3.15. The summed E-state index contributed by atoms with van der Waals surface area (Å²) in [5.74, 6) is 0.726. The van der Waals surface area contributed by atoms with Crippen LogP contribution >= 0.6 is 0 Å². The number of aromatic nitrogens is 2. The third-order valence-corrected chi connectivity index (χ3v) is 2.21. The van der Waals surface area contributed by atoms with Crippen LogP contribution in [0.25, 0.3) is 11.0 Å². The maximum atomic E-state index is 5.68. The fourth-order valence-corrected chi connectivity index (χ4v) is 1.60. The molecule has 2 aromatic rings. The lowest BCUT2D eigenvalue weighted by Crippen LogP contribution is -2.20. The zero-order chi connectivity index (χ0) is 9.64. The van der Waals surface area contributed by atoms with Crippen molar-refractivity contribution in [3.8, 4) is 0 Å². The summed E-state index contributed by atoms with van der Waals surface area (Å²) >= 11 is 0. The molecule has 0 saturated carbocycles. The van der Waals surface area contributed by atoms with Gasteiger partial charge in [-0.25, -0.2) is 0 Å². The lowest BCUT2D eigenvalue weighted by Gasteiger charge is -2.21. The second kappa shape index (κ2) is 2.31. The van der Waals surface area contributed by atoms with Crippen LogP contribution < -0.4 is 5.73 Å². The van der Waals surface area contributed by atoms with Crippen LogP contribution in [0.3, 0.4) is 0 Å². The van der Waals surface area contributed by atoms with Crippen LogP contribution in [0.5, 0.6) is 0 Å². The first kappa shape index (κ1) is 8.23. The van der Waals surface area contributed by atoms with Crippen LogP contribution in [0.2, 0.25) is 0 Å². The van der Waals surface area contributed by atoms with Gasteiger partial charge in [0.1, 0.15) is 11.5 Å². The highest BCUT2D eigenvalue weighted by atomic mass is 15.1. The van der Waals surface area contributed by atoms with Crippen molar-refractivity contribution in [3.05, 3.63) is 18.3 Å². The Morgan fingerprint density at radius 1 is 1.38 bits per heavy atom. The van der Waals surface area contributed by atoms with E-state index in [1.54, 1.807) is 0 Å². The molecule has 0 aliphatic heterocycles. The maximum Gasteiger partial charge on any atom is 0.119 e. The van der Waals surface area contributed by atoms with Crippen LogP contribution in [-0.4, -0.2) is 9.55 Å². The molecule has 0 atom stereocenters. The molecule has 3 heteroatoms. The molecule has 0 aliphatic rings. The van der Waals surface area contributed by atoms with E-state index in [-0.39, 0.29) is 5.54 Å². The summed E-state index contributed by atoms with van der Waals surface area (Å²) in [5.41, 5.74) is 6.88. The summed E-state index contributed by atoms with van der Waals surface area (Å²) in [6, 6.07) is 4.03. The molecule has 0 spiro atoms. The van der Waals surface area contributed by atoms with E-state index in [1.807, 2.05) is 6.07 Å². The lowest BCUT2D eigenvalue weighted by molar-refractivity contribution is 0.409. The van der Waals surface area contributed by atoms with E-state index in [4.69, 9.17) is 5.73 Å². The van der Waals surface area contributed by atoms with Crippen molar-refractivity contribution < 1.29 is 0 Å². The molecule has 3 nitrogen and oxygen atoms in total. The molecule has 2 aromatic heterocycles. The highest BCUT2D eigenvalue weighted by Gasteiger charge is 2.15. The standard InChI is InChI=1S/C10H15N3/c1-10(2,3)13-5-4-7-6-8(11)12-9(7)13/h4-6,12H,11H2,1-3H3. The van der Waals surface area contributed by atoms with Gasteiger partial charge in [0.2, 0.25) is 0 Å². The third-order valence-electron chi connectivity index (χ3n) is 2.21. The predicted molar refractivity (Wildman–Crippen MR) is 55.7 cm³/mol. The van der Waals surface area contributed by atoms with E-state index in [0.717, 1.165) is 11.5 Å². The van der Waals surface area contributed by atoms with Gasteiger partial charge in [0, 0.05) is 17.1 Å². The van der Waals surface area contributed by atoms with Gasteiger partial charge in [-0.3, -0.25) is 0 Å². The minimum absolute atomic E-state index is 0.0963. The largest absolute Gasteiger partial charge is 0.385 e. The van der Waals surface area contributed by atoms with E-state index < -0.39 is 0 Å². The molecular formula is C10H15N3.